The average molecular weight is 278 g/mol. The number of anilines is 1. The summed E-state index contributed by atoms with van der Waals surface area (Å²) >= 11 is 0. The maximum absolute atomic E-state index is 6.05. The van der Waals surface area contributed by atoms with E-state index in [1.807, 2.05) is 19.2 Å². The lowest BCUT2D eigenvalue weighted by atomic mass is 10.1. The lowest BCUT2D eigenvalue weighted by molar-refractivity contribution is 0.300. The Morgan fingerprint density at radius 3 is 2.40 bits per heavy atom. The van der Waals surface area contributed by atoms with E-state index in [0.29, 0.717) is 0 Å². The zero-order valence-electron chi connectivity index (χ0n) is 13.5. The molecule has 1 aromatic heterocycles. The van der Waals surface area contributed by atoms with Gasteiger partial charge in [-0.15, -0.1) is 0 Å². The number of rotatable bonds is 9. The Kier molecular flexibility index (Phi) is 7.55. The number of aromatic nitrogens is 1. The number of hydrogen-bond donors (Lipinski definition) is 1. The molecule has 0 amide bonds. The van der Waals surface area contributed by atoms with Crippen LogP contribution in [-0.4, -0.2) is 42.6 Å². The van der Waals surface area contributed by atoms with Gasteiger partial charge in [-0.3, -0.25) is 0 Å². The van der Waals surface area contributed by atoms with E-state index < -0.39 is 0 Å². The van der Waals surface area contributed by atoms with Crippen LogP contribution in [0.25, 0.3) is 0 Å². The Morgan fingerprint density at radius 1 is 1.15 bits per heavy atom. The summed E-state index contributed by atoms with van der Waals surface area (Å²) in [6.07, 6.45) is 3.01. The van der Waals surface area contributed by atoms with Gasteiger partial charge in [-0.1, -0.05) is 19.9 Å². The lowest BCUT2D eigenvalue weighted by Crippen LogP contribution is -2.31. The molecule has 0 saturated heterocycles. The first-order chi connectivity index (χ1) is 9.63. The molecule has 0 aliphatic heterocycles. The fourth-order valence-corrected chi connectivity index (χ4v) is 2.47. The lowest BCUT2D eigenvalue weighted by Gasteiger charge is -2.27. The highest BCUT2D eigenvalue weighted by Gasteiger charge is 2.13. The molecule has 0 spiro atoms. The molecule has 0 bridgehead atoms. The van der Waals surface area contributed by atoms with Gasteiger partial charge in [0, 0.05) is 30.9 Å². The van der Waals surface area contributed by atoms with Crippen molar-refractivity contribution in [1.29, 1.82) is 0 Å². The molecule has 1 aromatic rings. The van der Waals surface area contributed by atoms with Gasteiger partial charge >= 0.3 is 0 Å². The molecule has 4 nitrogen and oxygen atoms in total. The first-order valence-electron chi connectivity index (χ1n) is 7.81. The van der Waals surface area contributed by atoms with Crippen molar-refractivity contribution < 1.29 is 0 Å². The molecule has 1 unspecified atom stereocenters. The molecule has 0 radical (unpaired) electrons. The highest BCUT2D eigenvalue weighted by molar-refractivity contribution is 5.48. The van der Waals surface area contributed by atoms with Crippen LogP contribution >= 0.6 is 0 Å². The monoisotopic (exact) mass is 278 g/mol. The molecule has 1 rings (SSSR count). The summed E-state index contributed by atoms with van der Waals surface area (Å²) < 4.78 is 0. The van der Waals surface area contributed by atoms with E-state index in [-0.39, 0.29) is 6.04 Å². The molecule has 0 saturated carbocycles. The van der Waals surface area contributed by atoms with E-state index in [9.17, 15) is 0 Å². The minimum absolute atomic E-state index is 0.0236. The Morgan fingerprint density at radius 2 is 1.85 bits per heavy atom. The van der Waals surface area contributed by atoms with Gasteiger partial charge in [0.1, 0.15) is 5.82 Å². The minimum atomic E-state index is 0.0236. The van der Waals surface area contributed by atoms with Crippen LogP contribution in [0.5, 0.6) is 0 Å². The summed E-state index contributed by atoms with van der Waals surface area (Å²) in [5, 5.41) is 0. The van der Waals surface area contributed by atoms with Crippen molar-refractivity contribution in [2.45, 2.75) is 40.2 Å². The van der Waals surface area contributed by atoms with Crippen molar-refractivity contribution >= 4 is 5.82 Å². The smallest absolute Gasteiger partial charge is 0.133 e. The topological polar surface area (TPSA) is 45.4 Å². The van der Waals surface area contributed by atoms with Crippen LogP contribution in [0.2, 0.25) is 0 Å². The van der Waals surface area contributed by atoms with Gasteiger partial charge in [0.15, 0.2) is 0 Å². The molecule has 20 heavy (non-hydrogen) atoms. The summed E-state index contributed by atoms with van der Waals surface area (Å²) in [6, 6.07) is 4.07. The van der Waals surface area contributed by atoms with Gasteiger partial charge in [-0.2, -0.15) is 0 Å². The standard InChI is InChI=1S/C16H30N4/c1-5-19(6-2)12-9-13-20(7-3)16-15(14(4)17)10-8-11-18-16/h8,10-11,14H,5-7,9,12-13,17H2,1-4H3. The van der Waals surface area contributed by atoms with E-state index in [1.54, 1.807) is 0 Å². The van der Waals surface area contributed by atoms with Gasteiger partial charge in [0.25, 0.3) is 0 Å². The van der Waals surface area contributed by atoms with Gasteiger partial charge in [-0.25, -0.2) is 4.98 Å². The SMILES string of the molecule is CCN(CC)CCCN(CC)c1ncccc1C(C)N. The first-order valence-corrected chi connectivity index (χ1v) is 7.81. The quantitative estimate of drug-likeness (QED) is 0.754. The van der Waals surface area contributed by atoms with E-state index in [1.165, 1.54) is 0 Å². The molecule has 2 N–H and O–H groups in total. The normalized spacial score (nSPS) is 12.7. The summed E-state index contributed by atoms with van der Waals surface area (Å²) in [6.45, 7) is 14.0. The predicted molar refractivity (Wildman–Crippen MR) is 87.1 cm³/mol. The second kappa shape index (κ2) is 8.93. The maximum Gasteiger partial charge on any atom is 0.133 e. The Balaban J connectivity index is 2.67. The molecule has 0 aliphatic carbocycles. The third-order valence-corrected chi connectivity index (χ3v) is 3.79. The maximum atomic E-state index is 6.05. The molecule has 1 atom stereocenters. The summed E-state index contributed by atoms with van der Waals surface area (Å²) in [7, 11) is 0. The highest BCUT2D eigenvalue weighted by Crippen LogP contribution is 2.22. The third-order valence-electron chi connectivity index (χ3n) is 3.79. The number of nitrogens with zero attached hydrogens (tertiary/aromatic N) is 3. The Hall–Kier alpha value is -1.13. The van der Waals surface area contributed by atoms with Crippen molar-refractivity contribution in [3.63, 3.8) is 0 Å². The van der Waals surface area contributed by atoms with Crippen LogP contribution in [0.3, 0.4) is 0 Å². The van der Waals surface area contributed by atoms with Crippen LogP contribution in [0.1, 0.15) is 45.7 Å². The van der Waals surface area contributed by atoms with Crippen molar-refractivity contribution in [2.75, 3.05) is 37.6 Å². The van der Waals surface area contributed by atoms with Crippen LogP contribution in [0.4, 0.5) is 5.82 Å². The summed E-state index contributed by atoms with van der Waals surface area (Å²) in [5.41, 5.74) is 7.19. The molecular weight excluding hydrogens is 248 g/mol. The fourth-order valence-electron chi connectivity index (χ4n) is 2.47. The Labute approximate surface area is 124 Å². The summed E-state index contributed by atoms with van der Waals surface area (Å²) in [4.78, 5) is 9.33. The van der Waals surface area contributed by atoms with Gasteiger partial charge < -0.3 is 15.5 Å². The summed E-state index contributed by atoms with van der Waals surface area (Å²) in [5.74, 6) is 1.05. The number of nitrogens with two attached hydrogens (primary N) is 1. The second-order valence-corrected chi connectivity index (χ2v) is 5.17. The minimum Gasteiger partial charge on any atom is -0.357 e. The van der Waals surface area contributed by atoms with Crippen LogP contribution in [-0.2, 0) is 0 Å². The zero-order valence-corrected chi connectivity index (χ0v) is 13.5. The molecule has 0 aromatic carbocycles. The predicted octanol–water partition coefficient (Wildman–Crippen LogP) is 2.66. The van der Waals surface area contributed by atoms with Gasteiger partial charge in [0.2, 0.25) is 0 Å². The van der Waals surface area contributed by atoms with Crippen LogP contribution < -0.4 is 10.6 Å². The van der Waals surface area contributed by atoms with Crippen LogP contribution in [0, 0.1) is 0 Å². The van der Waals surface area contributed by atoms with Crippen molar-refractivity contribution in [3.05, 3.63) is 23.9 Å². The van der Waals surface area contributed by atoms with Crippen molar-refractivity contribution in [1.82, 2.24) is 9.88 Å². The van der Waals surface area contributed by atoms with E-state index >= 15 is 0 Å². The number of pyridine rings is 1. The third kappa shape index (κ3) is 4.76. The van der Waals surface area contributed by atoms with Crippen LogP contribution in [0.15, 0.2) is 18.3 Å². The van der Waals surface area contributed by atoms with E-state index in [2.05, 4.69) is 41.6 Å². The van der Waals surface area contributed by atoms with Crippen molar-refractivity contribution in [3.8, 4) is 0 Å². The molecule has 114 valence electrons. The van der Waals surface area contributed by atoms with E-state index in [4.69, 9.17) is 5.73 Å². The average Bonchev–Trinajstić information content (AvgIpc) is 2.47. The van der Waals surface area contributed by atoms with E-state index in [0.717, 1.165) is 50.5 Å². The van der Waals surface area contributed by atoms with Gasteiger partial charge in [-0.05, 0) is 46.0 Å². The highest BCUT2D eigenvalue weighted by atomic mass is 15.2. The molecule has 0 fully saturated rings. The molecule has 4 heteroatoms. The number of hydrogen-bond acceptors (Lipinski definition) is 4. The molecular formula is C16H30N4. The first kappa shape index (κ1) is 16.9. The second-order valence-electron chi connectivity index (χ2n) is 5.17. The largest absolute Gasteiger partial charge is 0.357 e. The van der Waals surface area contributed by atoms with Crippen molar-refractivity contribution in [2.24, 2.45) is 5.73 Å². The fraction of sp³-hybridized carbons (Fsp3) is 0.688. The van der Waals surface area contributed by atoms with Gasteiger partial charge in [0.05, 0.1) is 0 Å². The molecule has 1 heterocycles. The molecule has 0 aliphatic rings. The zero-order chi connectivity index (χ0) is 15.0. The Bertz CT molecular complexity index is 374.